The fourth-order valence-electron chi connectivity index (χ4n) is 0.735. The second-order valence-corrected chi connectivity index (χ2v) is 3.41. The molecule has 3 N–H and O–H groups in total. The zero-order valence-corrected chi connectivity index (χ0v) is 8.86. The van der Waals surface area contributed by atoms with Gasteiger partial charge in [0.1, 0.15) is 0 Å². The van der Waals surface area contributed by atoms with Crippen molar-refractivity contribution in [2.24, 2.45) is 0 Å². The molecule has 2 amide bonds. The van der Waals surface area contributed by atoms with Crippen LogP contribution in [0.2, 0.25) is 0 Å². The summed E-state index contributed by atoms with van der Waals surface area (Å²) < 4.78 is 0. The number of aliphatic carboxylic acids is 1. The number of nitrogens with zero attached hydrogens (tertiary/aromatic N) is 1. The number of rotatable bonds is 5. The number of aliphatic hydroxyl groups is 1. The monoisotopic (exact) mass is 216 g/mol. The summed E-state index contributed by atoms with van der Waals surface area (Å²) in [4.78, 5) is 23.1. The zero-order valence-electron chi connectivity index (χ0n) is 8.86. The molecular weight excluding hydrogens is 200 g/mol. The number of nitrogens with one attached hydrogen (secondary N) is 1. The van der Waals surface area contributed by atoms with Crippen LogP contribution in [0.25, 0.3) is 0 Å². The predicted octanol–water partition coefficient (Wildman–Crippen LogP) is -0.351. The Bertz CT molecular complexity index is 263. The third kappa shape index (κ3) is 4.46. The van der Waals surface area contributed by atoms with Crippen LogP contribution in [-0.2, 0) is 4.79 Å². The minimum Gasteiger partial charge on any atom is -0.479 e. The van der Waals surface area contributed by atoms with Crippen molar-refractivity contribution in [1.29, 1.82) is 0 Å². The van der Waals surface area contributed by atoms with Crippen LogP contribution in [0.5, 0.6) is 0 Å². The summed E-state index contributed by atoms with van der Waals surface area (Å²) in [5.41, 5.74) is -1.95. The third-order valence-corrected chi connectivity index (χ3v) is 1.79. The van der Waals surface area contributed by atoms with Crippen molar-refractivity contribution >= 4 is 12.0 Å². The average molecular weight is 216 g/mol. The summed E-state index contributed by atoms with van der Waals surface area (Å²) in [5.74, 6) is -1.38. The lowest BCUT2D eigenvalue weighted by molar-refractivity contribution is -0.155. The summed E-state index contributed by atoms with van der Waals surface area (Å²) in [7, 11) is 1.53. The molecule has 0 aromatic heterocycles. The molecule has 0 aliphatic carbocycles. The number of carboxylic acid groups (broad SMARTS) is 1. The molecule has 0 bridgehead atoms. The van der Waals surface area contributed by atoms with E-state index in [-0.39, 0.29) is 6.54 Å². The summed E-state index contributed by atoms with van der Waals surface area (Å²) in [5, 5.41) is 20.2. The maximum atomic E-state index is 11.3. The molecule has 0 radical (unpaired) electrons. The number of carbonyl (C=O) groups is 2. The molecule has 0 aromatic carbocycles. The SMILES string of the molecule is C=CCN(C)C(=O)NCC(C)(O)C(=O)O. The first-order valence-corrected chi connectivity index (χ1v) is 4.37. The number of carboxylic acids is 1. The van der Waals surface area contributed by atoms with Gasteiger partial charge >= 0.3 is 12.0 Å². The van der Waals surface area contributed by atoms with Gasteiger partial charge < -0.3 is 20.4 Å². The summed E-state index contributed by atoms with van der Waals surface area (Å²) in [6.07, 6.45) is 1.54. The van der Waals surface area contributed by atoms with E-state index in [0.29, 0.717) is 6.54 Å². The Morgan fingerprint density at radius 2 is 2.13 bits per heavy atom. The highest BCUT2D eigenvalue weighted by Crippen LogP contribution is 2.00. The molecule has 0 aliphatic heterocycles. The van der Waals surface area contributed by atoms with Crippen molar-refractivity contribution in [2.75, 3.05) is 20.1 Å². The minimum atomic E-state index is -1.95. The van der Waals surface area contributed by atoms with Crippen LogP contribution in [0.4, 0.5) is 4.79 Å². The van der Waals surface area contributed by atoms with E-state index in [9.17, 15) is 14.7 Å². The van der Waals surface area contributed by atoms with Crippen molar-refractivity contribution < 1.29 is 19.8 Å². The van der Waals surface area contributed by atoms with Crippen LogP contribution >= 0.6 is 0 Å². The topological polar surface area (TPSA) is 89.9 Å². The molecule has 0 rings (SSSR count). The normalized spacial score (nSPS) is 13.8. The zero-order chi connectivity index (χ0) is 12.1. The van der Waals surface area contributed by atoms with E-state index in [1.807, 2.05) is 0 Å². The van der Waals surface area contributed by atoms with Crippen LogP contribution in [0, 0.1) is 0 Å². The van der Waals surface area contributed by atoms with Gasteiger partial charge in [0, 0.05) is 13.6 Å². The largest absolute Gasteiger partial charge is 0.479 e. The Kier molecular flexibility index (Phi) is 4.80. The Hall–Kier alpha value is -1.56. The fraction of sp³-hybridized carbons (Fsp3) is 0.556. The van der Waals surface area contributed by atoms with Crippen molar-refractivity contribution in [2.45, 2.75) is 12.5 Å². The van der Waals surface area contributed by atoms with E-state index >= 15 is 0 Å². The molecule has 86 valence electrons. The van der Waals surface area contributed by atoms with E-state index in [2.05, 4.69) is 11.9 Å². The van der Waals surface area contributed by atoms with E-state index in [1.54, 1.807) is 0 Å². The molecule has 0 aliphatic rings. The van der Waals surface area contributed by atoms with Crippen LogP contribution < -0.4 is 5.32 Å². The summed E-state index contributed by atoms with van der Waals surface area (Å²) in [6.45, 7) is 4.57. The van der Waals surface area contributed by atoms with Gasteiger partial charge in [0.15, 0.2) is 5.60 Å². The third-order valence-electron chi connectivity index (χ3n) is 1.79. The second kappa shape index (κ2) is 5.35. The van der Waals surface area contributed by atoms with E-state index in [0.717, 1.165) is 6.92 Å². The lowest BCUT2D eigenvalue weighted by atomic mass is 10.1. The number of hydrogen-bond acceptors (Lipinski definition) is 3. The molecule has 0 saturated heterocycles. The first-order valence-electron chi connectivity index (χ1n) is 4.37. The van der Waals surface area contributed by atoms with Gasteiger partial charge in [0.25, 0.3) is 0 Å². The molecule has 0 spiro atoms. The van der Waals surface area contributed by atoms with Gasteiger partial charge in [-0.1, -0.05) is 6.08 Å². The van der Waals surface area contributed by atoms with Gasteiger partial charge in [0.2, 0.25) is 0 Å². The molecule has 1 atom stereocenters. The highest BCUT2D eigenvalue weighted by Gasteiger charge is 2.30. The Morgan fingerprint density at radius 3 is 2.53 bits per heavy atom. The van der Waals surface area contributed by atoms with Crippen LogP contribution in [0.3, 0.4) is 0 Å². The highest BCUT2D eigenvalue weighted by molar-refractivity contribution is 5.79. The maximum Gasteiger partial charge on any atom is 0.337 e. The molecule has 0 saturated carbocycles. The predicted molar refractivity (Wildman–Crippen MR) is 54.5 cm³/mol. The van der Waals surface area contributed by atoms with Crippen molar-refractivity contribution in [3.05, 3.63) is 12.7 Å². The van der Waals surface area contributed by atoms with Crippen LogP contribution in [-0.4, -0.2) is 52.9 Å². The van der Waals surface area contributed by atoms with Crippen molar-refractivity contribution in [3.8, 4) is 0 Å². The number of carbonyl (C=O) groups excluding carboxylic acids is 1. The van der Waals surface area contributed by atoms with Gasteiger partial charge in [-0.15, -0.1) is 6.58 Å². The van der Waals surface area contributed by atoms with Gasteiger partial charge in [-0.2, -0.15) is 0 Å². The van der Waals surface area contributed by atoms with Crippen LogP contribution in [0.15, 0.2) is 12.7 Å². The molecule has 6 heteroatoms. The van der Waals surface area contributed by atoms with Gasteiger partial charge in [-0.25, -0.2) is 9.59 Å². The lowest BCUT2D eigenvalue weighted by Crippen LogP contribution is -2.49. The van der Waals surface area contributed by atoms with Crippen molar-refractivity contribution in [1.82, 2.24) is 10.2 Å². The summed E-state index contributed by atoms with van der Waals surface area (Å²) in [6, 6.07) is -0.462. The molecule has 6 nitrogen and oxygen atoms in total. The average Bonchev–Trinajstić information content (AvgIpc) is 2.14. The second-order valence-electron chi connectivity index (χ2n) is 3.41. The first kappa shape index (κ1) is 13.4. The molecule has 0 aromatic rings. The molecule has 1 unspecified atom stereocenters. The van der Waals surface area contributed by atoms with Gasteiger partial charge in [-0.05, 0) is 6.92 Å². The minimum absolute atomic E-state index is 0.345. The lowest BCUT2D eigenvalue weighted by Gasteiger charge is -2.21. The Balaban J connectivity index is 4.11. The fourth-order valence-corrected chi connectivity index (χ4v) is 0.735. The number of likely N-dealkylation sites (N-methyl/N-ethyl adjacent to an activating group) is 1. The standard InChI is InChI=1S/C9H16N2O4/c1-4-5-11(3)8(14)10-6-9(2,15)7(12)13/h4,15H,1,5-6H2,2-3H3,(H,10,14)(H,12,13). The van der Waals surface area contributed by atoms with Crippen LogP contribution in [0.1, 0.15) is 6.92 Å². The quantitative estimate of drug-likeness (QED) is 0.548. The van der Waals surface area contributed by atoms with E-state index < -0.39 is 17.6 Å². The Labute approximate surface area is 88.2 Å². The number of urea groups is 1. The smallest absolute Gasteiger partial charge is 0.337 e. The van der Waals surface area contributed by atoms with E-state index in [1.165, 1.54) is 18.0 Å². The molecular formula is C9H16N2O4. The van der Waals surface area contributed by atoms with Gasteiger partial charge in [-0.3, -0.25) is 0 Å². The molecule has 0 heterocycles. The molecule has 0 fully saturated rings. The molecule has 15 heavy (non-hydrogen) atoms. The number of amides is 2. The van der Waals surface area contributed by atoms with Gasteiger partial charge in [0.05, 0.1) is 6.54 Å². The first-order chi connectivity index (χ1) is 6.81. The number of hydrogen-bond donors (Lipinski definition) is 3. The van der Waals surface area contributed by atoms with E-state index in [4.69, 9.17) is 5.11 Å². The maximum absolute atomic E-state index is 11.3. The van der Waals surface area contributed by atoms with Crippen molar-refractivity contribution in [3.63, 3.8) is 0 Å². The summed E-state index contributed by atoms with van der Waals surface area (Å²) >= 11 is 0. The Morgan fingerprint density at radius 1 is 1.60 bits per heavy atom. The highest BCUT2D eigenvalue weighted by atomic mass is 16.4.